The fourth-order valence-corrected chi connectivity index (χ4v) is 2.58. The first-order valence-corrected chi connectivity index (χ1v) is 7.29. The van der Waals surface area contributed by atoms with Crippen LogP contribution in [0, 0.1) is 17.2 Å². The molecule has 1 amide bonds. The third-order valence-corrected chi connectivity index (χ3v) is 3.79. The summed E-state index contributed by atoms with van der Waals surface area (Å²) in [7, 11) is 0. The minimum Gasteiger partial charge on any atom is -0.492 e. The number of hydrogen-bond donors (Lipinski definition) is 1. The smallest absolute Gasteiger partial charge is 0.221 e. The molecule has 0 spiro atoms. The van der Waals surface area contributed by atoms with Gasteiger partial charge < -0.3 is 10.5 Å². The molecule has 1 heterocycles. The molecule has 1 aliphatic heterocycles. The van der Waals surface area contributed by atoms with Gasteiger partial charge in [-0.1, -0.05) is 12.1 Å². The van der Waals surface area contributed by atoms with Crippen LogP contribution in [-0.4, -0.2) is 37.0 Å². The molecule has 2 N–H and O–H groups in total. The number of piperidine rings is 1. The number of amides is 1. The van der Waals surface area contributed by atoms with E-state index >= 15 is 0 Å². The van der Waals surface area contributed by atoms with E-state index in [2.05, 4.69) is 11.0 Å². The minimum atomic E-state index is -0.200. The van der Waals surface area contributed by atoms with E-state index in [-0.39, 0.29) is 11.8 Å². The standard InChI is InChI=1S/C16H21N3O2/c17-8-7-13-3-5-15(6-4-13)21-11-10-19-9-1-2-14(12-19)16(18)20/h3-6,14H,1-2,7,9-12H2,(H2,18,20). The van der Waals surface area contributed by atoms with Crippen molar-refractivity contribution in [1.29, 1.82) is 5.26 Å². The van der Waals surface area contributed by atoms with Gasteiger partial charge in [0.2, 0.25) is 5.91 Å². The minimum absolute atomic E-state index is 0.0241. The molecule has 21 heavy (non-hydrogen) atoms. The number of rotatable bonds is 6. The highest BCUT2D eigenvalue weighted by molar-refractivity contribution is 5.76. The fourth-order valence-electron chi connectivity index (χ4n) is 2.58. The summed E-state index contributed by atoms with van der Waals surface area (Å²) < 4.78 is 5.70. The van der Waals surface area contributed by atoms with Crippen LogP contribution < -0.4 is 10.5 Å². The van der Waals surface area contributed by atoms with Crippen molar-refractivity contribution in [3.63, 3.8) is 0 Å². The zero-order valence-electron chi connectivity index (χ0n) is 12.1. The van der Waals surface area contributed by atoms with Crippen LogP contribution >= 0.6 is 0 Å². The van der Waals surface area contributed by atoms with Gasteiger partial charge in [-0.2, -0.15) is 5.26 Å². The lowest BCUT2D eigenvalue weighted by Crippen LogP contribution is -2.42. The Hall–Kier alpha value is -2.06. The van der Waals surface area contributed by atoms with Crippen molar-refractivity contribution in [2.24, 2.45) is 11.7 Å². The molecule has 1 aliphatic rings. The number of nitriles is 1. The van der Waals surface area contributed by atoms with Crippen molar-refractivity contribution in [2.75, 3.05) is 26.2 Å². The lowest BCUT2D eigenvalue weighted by Gasteiger charge is -2.30. The second-order valence-corrected chi connectivity index (χ2v) is 5.37. The highest BCUT2D eigenvalue weighted by Gasteiger charge is 2.23. The predicted octanol–water partition coefficient (Wildman–Crippen LogP) is 1.33. The molecule has 1 aromatic carbocycles. The number of primary amides is 1. The molecule has 0 aliphatic carbocycles. The molecule has 0 bridgehead atoms. The van der Waals surface area contributed by atoms with Crippen LogP contribution in [0.25, 0.3) is 0 Å². The molecule has 1 fully saturated rings. The van der Waals surface area contributed by atoms with Crippen molar-refractivity contribution >= 4 is 5.91 Å². The Balaban J connectivity index is 1.73. The van der Waals surface area contributed by atoms with Crippen LogP contribution in [0.2, 0.25) is 0 Å². The molecule has 2 rings (SSSR count). The highest BCUT2D eigenvalue weighted by atomic mass is 16.5. The Bertz CT molecular complexity index is 507. The van der Waals surface area contributed by atoms with Gasteiger partial charge in [0.05, 0.1) is 18.4 Å². The molecule has 0 saturated carbocycles. The number of hydrogen-bond acceptors (Lipinski definition) is 4. The first-order chi connectivity index (χ1) is 10.2. The highest BCUT2D eigenvalue weighted by Crippen LogP contribution is 2.16. The Morgan fingerprint density at radius 2 is 2.19 bits per heavy atom. The van der Waals surface area contributed by atoms with Crippen molar-refractivity contribution in [3.05, 3.63) is 29.8 Å². The monoisotopic (exact) mass is 287 g/mol. The maximum atomic E-state index is 11.2. The number of benzene rings is 1. The number of ether oxygens (including phenoxy) is 1. The van der Waals surface area contributed by atoms with Crippen LogP contribution in [0.4, 0.5) is 0 Å². The zero-order chi connectivity index (χ0) is 15.1. The van der Waals surface area contributed by atoms with Crippen molar-refractivity contribution < 1.29 is 9.53 Å². The van der Waals surface area contributed by atoms with Gasteiger partial charge in [-0.25, -0.2) is 0 Å². The van der Waals surface area contributed by atoms with E-state index in [0.29, 0.717) is 13.0 Å². The largest absolute Gasteiger partial charge is 0.492 e. The maximum absolute atomic E-state index is 11.2. The van der Waals surface area contributed by atoms with Gasteiger partial charge in [0.15, 0.2) is 0 Å². The topological polar surface area (TPSA) is 79.3 Å². The summed E-state index contributed by atoms with van der Waals surface area (Å²) in [4.78, 5) is 13.4. The van der Waals surface area contributed by atoms with Crippen LogP contribution in [0.5, 0.6) is 5.75 Å². The van der Waals surface area contributed by atoms with Crippen LogP contribution in [-0.2, 0) is 11.2 Å². The van der Waals surface area contributed by atoms with Gasteiger partial charge >= 0.3 is 0 Å². The van der Waals surface area contributed by atoms with E-state index in [1.165, 1.54) is 0 Å². The summed E-state index contributed by atoms with van der Waals surface area (Å²) >= 11 is 0. The molecule has 1 aromatic rings. The SMILES string of the molecule is N#CCc1ccc(OCCN2CCCC(C(N)=O)C2)cc1. The van der Waals surface area contributed by atoms with Gasteiger partial charge in [-0.3, -0.25) is 9.69 Å². The molecule has 5 heteroatoms. The van der Waals surface area contributed by atoms with Crippen LogP contribution in [0.15, 0.2) is 24.3 Å². The van der Waals surface area contributed by atoms with Gasteiger partial charge in [-0.15, -0.1) is 0 Å². The zero-order valence-corrected chi connectivity index (χ0v) is 12.1. The van der Waals surface area contributed by atoms with Gasteiger partial charge in [0.25, 0.3) is 0 Å². The van der Waals surface area contributed by atoms with Crippen molar-refractivity contribution in [2.45, 2.75) is 19.3 Å². The lowest BCUT2D eigenvalue weighted by molar-refractivity contribution is -0.123. The second-order valence-electron chi connectivity index (χ2n) is 5.37. The Morgan fingerprint density at radius 1 is 1.43 bits per heavy atom. The van der Waals surface area contributed by atoms with Crippen LogP contribution in [0.1, 0.15) is 18.4 Å². The molecule has 1 unspecified atom stereocenters. The van der Waals surface area contributed by atoms with E-state index < -0.39 is 0 Å². The first-order valence-electron chi connectivity index (χ1n) is 7.29. The van der Waals surface area contributed by atoms with E-state index in [4.69, 9.17) is 15.7 Å². The molecule has 0 radical (unpaired) electrons. The van der Waals surface area contributed by atoms with Gasteiger partial charge in [-0.05, 0) is 37.1 Å². The summed E-state index contributed by atoms with van der Waals surface area (Å²) in [5.41, 5.74) is 6.36. The van der Waals surface area contributed by atoms with Gasteiger partial charge in [0, 0.05) is 13.1 Å². The van der Waals surface area contributed by atoms with E-state index in [1.54, 1.807) is 0 Å². The van der Waals surface area contributed by atoms with E-state index in [9.17, 15) is 4.79 Å². The first kappa shape index (κ1) is 15.3. The van der Waals surface area contributed by atoms with Crippen LogP contribution in [0.3, 0.4) is 0 Å². The molecule has 112 valence electrons. The van der Waals surface area contributed by atoms with E-state index in [0.717, 1.165) is 43.8 Å². The average molecular weight is 287 g/mol. The normalized spacial score (nSPS) is 18.9. The number of nitrogens with two attached hydrogens (primary N) is 1. The Morgan fingerprint density at radius 3 is 2.86 bits per heavy atom. The number of carbonyl (C=O) groups is 1. The summed E-state index contributed by atoms with van der Waals surface area (Å²) in [6, 6.07) is 9.70. The van der Waals surface area contributed by atoms with Crippen molar-refractivity contribution in [3.8, 4) is 11.8 Å². The average Bonchev–Trinajstić information content (AvgIpc) is 2.50. The predicted molar refractivity (Wildman–Crippen MR) is 79.6 cm³/mol. The van der Waals surface area contributed by atoms with Crippen molar-refractivity contribution in [1.82, 2.24) is 4.90 Å². The lowest BCUT2D eigenvalue weighted by atomic mass is 9.98. The van der Waals surface area contributed by atoms with Gasteiger partial charge in [0.1, 0.15) is 12.4 Å². The molecular weight excluding hydrogens is 266 g/mol. The molecule has 5 nitrogen and oxygen atoms in total. The molecule has 1 saturated heterocycles. The summed E-state index contributed by atoms with van der Waals surface area (Å²) in [6.45, 7) is 3.11. The maximum Gasteiger partial charge on any atom is 0.221 e. The quantitative estimate of drug-likeness (QED) is 0.856. The van der Waals surface area contributed by atoms with E-state index in [1.807, 2.05) is 24.3 Å². The number of likely N-dealkylation sites (tertiary alicyclic amines) is 1. The molecule has 1 atom stereocenters. The number of carbonyl (C=O) groups excluding carboxylic acids is 1. The molecule has 0 aromatic heterocycles. The second kappa shape index (κ2) is 7.65. The Labute approximate surface area is 125 Å². The summed E-state index contributed by atoms with van der Waals surface area (Å²) in [5, 5.41) is 8.62. The fraction of sp³-hybridized carbons (Fsp3) is 0.500. The Kier molecular flexibility index (Phi) is 5.59. The summed E-state index contributed by atoms with van der Waals surface area (Å²) in [5.74, 6) is 0.581. The third kappa shape index (κ3) is 4.76. The summed E-state index contributed by atoms with van der Waals surface area (Å²) in [6.07, 6.45) is 2.33. The third-order valence-electron chi connectivity index (χ3n) is 3.79. The number of nitrogens with zero attached hydrogens (tertiary/aromatic N) is 2. The molecular formula is C16H21N3O2.